The first kappa shape index (κ1) is 27.9. The number of carbonyl (C=O) groups excluding carboxylic acids is 3. The van der Waals surface area contributed by atoms with Crippen LogP contribution in [0.4, 0.5) is 13.2 Å². The average molecular weight is 560 g/mol. The second-order valence-corrected chi connectivity index (χ2v) is 10.5. The van der Waals surface area contributed by atoms with Gasteiger partial charge in [0.15, 0.2) is 0 Å². The molecule has 0 spiro atoms. The fourth-order valence-corrected chi connectivity index (χ4v) is 5.54. The van der Waals surface area contributed by atoms with Gasteiger partial charge in [0.2, 0.25) is 11.8 Å². The number of piperidine rings is 1. The van der Waals surface area contributed by atoms with Crippen molar-refractivity contribution >= 4 is 17.7 Å². The summed E-state index contributed by atoms with van der Waals surface area (Å²) >= 11 is 0. The lowest BCUT2D eigenvalue weighted by Gasteiger charge is -2.29. The van der Waals surface area contributed by atoms with E-state index in [1.165, 1.54) is 31.4 Å². The summed E-state index contributed by atoms with van der Waals surface area (Å²) in [5.41, 5.74) is 2.14. The van der Waals surface area contributed by atoms with E-state index < -0.39 is 12.4 Å². The van der Waals surface area contributed by atoms with Crippen molar-refractivity contribution in [1.29, 1.82) is 0 Å². The number of nitrogens with zero attached hydrogens (tertiary/aromatic N) is 1. The van der Waals surface area contributed by atoms with Crippen LogP contribution >= 0.6 is 0 Å². The Kier molecular flexibility index (Phi) is 8.30. The molecule has 2 N–H and O–H groups in total. The highest BCUT2D eigenvalue weighted by Crippen LogP contribution is 2.33. The molecule has 11 heteroatoms. The van der Waals surface area contributed by atoms with Gasteiger partial charge in [0.1, 0.15) is 17.5 Å². The van der Waals surface area contributed by atoms with Crippen LogP contribution in [0.15, 0.2) is 42.5 Å². The molecule has 6 rings (SSSR count). The number of amides is 3. The number of imide groups is 1. The second-order valence-electron chi connectivity index (χ2n) is 10.5. The molecule has 1 unspecified atom stereocenters. The molecule has 3 amide bonds. The van der Waals surface area contributed by atoms with Gasteiger partial charge in [0, 0.05) is 43.1 Å². The van der Waals surface area contributed by atoms with Crippen molar-refractivity contribution in [3.63, 3.8) is 0 Å². The fourth-order valence-electron chi connectivity index (χ4n) is 5.54. The Bertz CT molecular complexity index is 1260. The van der Waals surface area contributed by atoms with Gasteiger partial charge in [-0.25, -0.2) is 0 Å². The third kappa shape index (κ3) is 6.57. The number of fused-ring (bicyclic) bond motifs is 1. The van der Waals surface area contributed by atoms with E-state index in [0.717, 1.165) is 24.2 Å². The molecule has 2 aromatic carbocycles. The number of hydrogen-bond donors (Lipinski definition) is 2. The van der Waals surface area contributed by atoms with Gasteiger partial charge in [-0.2, -0.15) is 0 Å². The lowest BCUT2D eigenvalue weighted by molar-refractivity contribution is -0.275. The van der Waals surface area contributed by atoms with Gasteiger partial charge in [-0.1, -0.05) is 24.6 Å². The fraction of sp³-hybridized carbons (Fsp3) is 0.483. The Morgan fingerprint density at radius 3 is 2.35 bits per heavy atom. The van der Waals surface area contributed by atoms with Crippen molar-refractivity contribution in [3.05, 3.63) is 59.2 Å². The number of ether oxygens (including phenoxy) is 2. The maximum Gasteiger partial charge on any atom is 0.573 e. The summed E-state index contributed by atoms with van der Waals surface area (Å²) in [7, 11) is 0. The van der Waals surface area contributed by atoms with Crippen LogP contribution in [0.25, 0.3) is 0 Å². The van der Waals surface area contributed by atoms with Gasteiger partial charge in [0.05, 0.1) is 6.10 Å². The monoisotopic (exact) mass is 559 g/mol. The van der Waals surface area contributed by atoms with Gasteiger partial charge < -0.3 is 19.7 Å². The molecule has 0 aromatic heterocycles. The summed E-state index contributed by atoms with van der Waals surface area (Å²) in [6.07, 6.45) is 2.15. The quantitative estimate of drug-likeness (QED) is 0.527. The number of carbonyl (C=O) groups is 3. The molecule has 0 bridgehead atoms. The van der Waals surface area contributed by atoms with Crippen molar-refractivity contribution in [2.75, 3.05) is 13.1 Å². The Hall–Kier alpha value is -3.60. The minimum atomic E-state index is -4.62. The van der Waals surface area contributed by atoms with Crippen LogP contribution in [0.3, 0.4) is 0 Å². The summed E-state index contributed by atoms with van der Waals surface area (Å²) in [5, 5.41) is 5.34. The van der Waals surface area contributed by atoms with E-state index in [1.54, 1.807) is 23.1 Å². The predicted molar refractivity (Wildman–Crippen MR) is 139 cm³/mol. The molecule has 4 aliphatic rings. The van der Waals surface area contributed by atoms with E-state index in [2.05, 4.69) is 15.4 Å². The maximum atomic E-state index is 12.6. The van der Waals surface area contributed by atoms with E-state index in [0.29, 0.717) is 37.2 Å². The molecule has 214 valence electrons. The highest BCUT2D eigenvalue weighted by Gasteiger charge is 2.39. The minimum Gasteiger partial charge on any atom is -0.490 e. The molecule has 8 nitrogen and oxygen atoms in total. The van der Waals surface area contributed by atoms with Gasteiger partial charge in [-0.05, 0) is 61.9 Å². The molecule has 1 saturated carbocycles. The number of alkyl halides is 3. The average Bonchev–Trinajstić information content (AvgIpc) is 3.20. The van der Waals surface area contributed by atoms with Crippen LogP contribution < -0.4 is 20.1 Å². The van der Waals surface area contributed by atoms with E-state index in [1.807, 2.05) is 12.1 Å². The summed E-state index contributed by atoms with van der Waals surface area (Å²) in [4.78, 5) is 37.6. The molecular weight excluding hydrogens is 527 g/mol. The second kappa shape index (κ2) is 11.9. The van der Waals surface area contributed by atoms with Gasteiger partial charge in [-0.3, -0.25) is 19.7 Å². The molecule has 0 radical (unpaired) electrons. The van der Waals surface area contributed by atoms with Gasteiger partial charge >= 0.3 is 6.36 Å². The summed E-state index contributed by atoms with van der Waals surface area (Å²) in [5.74, 6) is 0.0435. The molecule has 2 saturated heterocycles. The highest BCUT2D eigenvalue weighted by atomic mass is 19.4. The summed E-state index contributed by atoms with van der Waals surface area (Å²) in [6, 6.07) is 11.3. The van der Waals surface area contributed by atoms with Gasteiger partial charge in [-0.15, -0.1) is 13.2 Å². The largest absolute Gasteiger partial charge is 0.573 e. The van der Waals surface area contributed by atoms with E-state index in [9.17, 15) is 27.6 Å². The standard InChI is InChI=1S/C19H22N2O4.C10H10F3NO/c22-17-9-8-16(18(23)20-17)21-11-12-10-14(6-7-15(12)19(21)24)25-13-4-2-1-3-5-13;11-10(12,13)15-9-4-2-1-3-8(9)7-5-14-6-7/h6-7,10,13,16H,1-5,8-9,11H2,(H,20,22,23);1-4,7,14H,5-6H2. The van der Waals surface area contributed by atoms with Crippen LogP contribution in [-0.4, -0.2) is 54.2 Å². The molecule has 1 aliphatic carbocycles. The summed E-state index contributed by atoms with van der Waals surface area (Å²) < 4.78 is 46.2. The van der Waals surface area contributed by atoms with Crippen LogP contribution in [0.5, 0.6) is 11.5 Å². The van der Waals surface area contributed by atoms with Crippen LogP contribution in [0.2, 0.25) is 0 Å². The number of hydrogen-bond acceptors (Lipinski definition) is 6. The Morgan fingerprint density at radius 2 is 1.68 bits per heavy atom. The summed E-state index contributed by atoms with van der Waals surface area (Å²) in [6.45, 7) is 1.80. The molecule has 3 fully saturated rings. The zero-order valence-electron chi connectivity index (χ0n) is 22.0. The third-order valence-corrected chi connectivity index (χ3v) is 7.72. The SMILES string of the molecule is FC(F)(F)Oc1ccccc1C1CNC1.O=C1CCC(N2Cc3cc(OC4CCCCC4)ccc3C2=O)C(=O)N1. The zero-order chi connectivity index (χ0) is 28.3. The molecule has 2 aromatic rings. The van der Waals surface area contributed by atoms with Crippen LogP contribution in [0, 0.1) is 0 Å². The normalized spacial score (nSPS) is 21.6. The number of rotatable bonds is 5. The van der Waals surface area contributed by atoms with Crippen molar-refractivity contribution in [2.45, 2.75) is 75.9 Å². The lowest BCUT2D eigenvalue weighted by Crippen LogP contribution is -2.52. The number of benzene rings is 2. The van der Waals surface area contributed by atoms with E-state index in [4.69, 9.17) is 4.74 Å². The number of nitrogens with one attached hydrogen (secondary N) is 2. The predicted octanol–water partition coefficient (Wildman–Crippen LogP) is 4.43. The molecule has 3 aliphatic heterocycles. The van der Waals surface area contributed by atoms with Gasteiger partial charge in [0.25, 0.3) is 5.91 Å². The molecule has 1 atom stereocenters. The third-order valence-electron chi connectivity index (χ3n) is 7.72. The first-order valence-corrected chi connectivity index (χ1v) is 13.7. The zero-order valence-corrected chi connectivity index (χ0v) is 22.0. The Labute approximate surface area is 230 Å². The van der Waals surface area contributed by atoms with Crippen LogP contribution in [-0.2, 0) is 16.1 Å². The smallest absolute Gasteiger partial charge is 0.490 e. The molecule has 40 heavy (non-hydrogen) atoms. The Balaban J connectivity index is 0.000000184. The molecule has 3 heterocycles. The number of halogens is 3. The van der Waals surface area contributed by atoms with Crippen LogP contribution in [0.1, 0.15) is 72.3 Å². The van der Waals surface area contributed by atoms with Crippen molar-refractivity contribution < 1.29 is 37.0 Å². The topological polar surface area (TPSA) is 97.0 Å². The van der Waals surface area contributed by atoms with Crippen molar-refractivity contribution in [3.8, 4) is 11.5 Å². The maximum absolute atomic E-state index is 12.6. The van der Waals surface area contributed by atoms with E-state index in [-0.39, 0.29) is 41.9 Å². The first-order chi connectivity index (χ1) is 19.2. The van der Waals surface area contributed by atoms with Crippen molar-refractivity contribution in [1.82, 2.24) is 15.5 Å². The molecular formula is C29H32F3N3O5. The minimum absolute atomic E-state index is 0.0866. The van der Waals surface area contributed by atoms with Crippen molar-refractivity contribution in [2.24, 2.45) is 0 Å². The Morgan fingerprint density at radius 1 is 0.925 bits per heavy atom. The highest BCUT2D eigenvalue weighted by molar-refractivity contribution is 6.05. The van der Waals surface area contributed by atoms with E-state index >= 15 is 0 Å². The lowest BCUT2D eigenvalue weighted by atomic mass is 9.93. The number of para-hydroxylation sites is 1. The first-order valence-electron chi connectivity index (χ1n) is 13.7.